The Kier molecular flexibility index (Phi) is 5.47. The Morgan fingerprint density at radius 3 is 2.85 bits per heavy atom. The molecule has 2 nitrogen and oxygen atoms in total. The summed E-state index contributed by atoms with van der Waals surface area (Å²) in [6.07, 6.45) is 0.895. The van der Waals surface area contributed by atoms with Crippen molar-refractivity contribution in [1.29, 1.82) is 0 Å². The lowest BCUT2D eigenvalue weighted by molar-refractivity contribution is 0.124. The fourth-order valence-corrected chi connectivity index (χ4v) is 4.07. The molecule has 1 heterocycles. The van der Waals surface area contributed by atoms with Crippen LogP contribution < -0.4 is 5.73 Å². The first-order chi connectivity index (χ1) is 9.54. The fourth-order valence-electron chi connectivity index (χ4n) is 2.95. The normalized spacial score (nSPS) is 27.2. The molecular formula is C16H25FN2S. The van der Waals surface area contributed by atoms with Gasteiger partial charge in [0.2, 0.25) is 0 Å². The molecule has 4 unspecified atom stereocenters. The van der Waals surface area contributed by atoms with E-state index in [1.54, 1.807) is 12.1 Å². The molecule has 4 heteroatoms. The van der Waals surface area contributed by atoms with Crippen LogP contribution in [0.3, 0.4) is 0 Å². The van der Waals surface area contributed by atoms with Crippen LogP contribution in [0.2, 0.25) is 0 Å². The smallest absolute Gasteiger partial charge is 0.123 e. The maximum Gasteiger partial charge on any atom is 0.123 e. The van der Waals surface area contributed by atoms with Gasteiger partial charge in [-0.3, -0.25) is 4.90 Å². The summed E-state index contributed by atoms with van der Waals surface area (Å²) in [4.78, 5) is 2.46. The summed E-state index contributed by atoms with van der Waals surface area (Å²) in [7, 11) is 0. The molecule has 112 valence electrons. The Bertz CT molecular complexity index is 440. The van der Waals surface area contributed by atoms with Crippen LogP contribution in [0.5, 0.6) is 0 Å². The lowest BCUT2D eigenvalue weighted by Gasteiger charge is -2.44. The van der Waals surface area contributed by atoms with Crippen molar-refractivity contribution in [3.63, 3.8) is 0 Å². The van der Waals surface area contributed by atoms with Gasteiger partial charge in [0, 0.05) is 29.6 Å². The molecule has 1 fully saturated rings. The molecule has 0 amide bonds. The molecule has 0 bridgehead atoms. The van der Waals surface area contributed by atoms with Crippen molar-refractivity contribution >= 4 is 11.8 Å². The minimum Gasteiger partial charge on any atom is -0.326 e. The first-order valence-corrected chi connectivity index (χ1v) is 8.47. The van der Waals surface area contributed by atoms with Gasteiger partial charge in [0.15, 0.2) is 0 Å². The van der Waals surface area contributed by atoms with Crippen molar-refractivity contribution in [1.82, 2.24) is 4.90 Å². The van der Waals surface area contributed by atoms with Crippen LogP contribution in [0.15, 0.2) is 24.3 Å². The van der Waals surface area contributed by atoms with Crippen molar-refractivity contribution < 1.29 is 4.39 Å². The molecular weight excluding hydrogens is 271 g/mol. The van der Waals surface area contributed by atoms with Gasteiger partial charge in [0.05, 0.1) is 6.04 Å². The maximum absolute atomic E-state index is 13.6. The zero-order valence-electron chi connectivity index (χ0n) is 12.6. The van der Waals surface area contributed by atoms with Crippen molar-refractivity contribution in [3.05, 3.63) is 35.6 Å². The van der Waals surface area contributed by atoms with E-state index in [1.165, 1.54) is 6.07 Å². The first kappa shape index (κ1) is 15.8. The molecule has 20 heavy (non-hydrogen) atoms. The third kappa shape index (κ3) is 3.35. The summed E-state index contributed by atoms with van der Waals surface area (Å²) in [6, 6.07) is 7.52. The van der Waals surface area contributed by atoms with Crippen molar-refractivity contribution in [2.75, 3.05) is 12.3 Å². The van der Waals surface area contributed by atoms with Gasteiger partial charge >= 0.3 is 0 Å². The van der Waals surface area contributed by atoms with E-state index in [2.05, 4.69) is 25.7 Å². The number of rotatable bonds is 4. The predicted molar refractivity (Wildman–Crippen MR) is 85.5 cm³/mol. The van der Waals surface area contributed by atoms with Crippen LogP contribution >= 0.6 is 11.8 Å². The molecule has 1 aromatic rings. The second-order valence-corrected chi connectivity index (χ2v) is 7.11. The van der Waals surface area contributed by atoms with E-state index in [0.717, 1.165) is 24.3 Å². The van der Waals surface area contributed by atoms with E-state index in [9.17, 15) is 4.39 Å². The summed E-state index contributed by atoms with van der Waals surface area (Å²) < 4.78 is 13.6. The highest BCUT2D eigenvalue weighted by atomic mass is 32.2. The van der Waals surface area contributed by atoms with E-state index in [4.69, 9.17) is 5.73 Å². The van der Waals surface area contributed by atoms with Crippen molar-refractivity contribution in [2.24, 2.45) is 5.73 Å². The summed E-state index contributed by atoms with van der Waals surface area (Å²) >= 11 is 2.01. The quantitative estimate of drug-likeness (QED) is 0.923. The monoisotopic (exact) mass is 296 g/mol. The zero-order valence-corrected chi connectivity index (χ0v) is 13.4. The minimum absolute atomic E-state index is 0.0366. The van der Waals surface area contributed by atoms with E-state index in [0.29, 0.717) is 11.3 Å². The van der Waals surface area contributed by atoms with Crippen LogP contribution in [0, 0.1) is 5.82 Å². The van der Waals surface area contributed by atoms with Crippen LogP contribution in [0.25, 0.3) is 0 Å². The Morgan fingerprint density at radius 2 is 2.20 bits per heavy atom. The Labute approximate surface area is 125 Å². The standard InChI is InChI=1S/C16H25FN2S/c1-4-15(18)16(13-6-5-7-14(17)10-13)19-8-9-20-12(3)11(19)2/h5-7,10-12,15-16H,4,8-9,18H2,1-3H3. The minimum atomic E-state index is -0.178. The number of nitrogens with two attached hydrogens (primary N) is 1. The molecule has 0 saturated carbocycles. The Morgan fingerprint density at radius 1 is 1.45 bits per heavy atom. The molecule has 1 saturated heterocycles. The number of thioether (sulfide) groups is 1. The van der Waals surface area contributed by atoms with E-state index in [1.807, 2.05) is 17.8 Å². The number of hydrogen-bond donors (Lipinski definition) is 1. The molecule has 0 radical (unpaired) electrons. The SMILES string of the molecule is CCC(N)C(c1cccc(F)c1)N1CCSC(C)C1C. The molecule has 1 aliphatic rings. The number of nitrogens with zero attached hydrogens (tertiary/aromatic N) is 1. The maximum atomic E-state index is 13.6. The summed E-state index contributed by atoms with van der Waals surface area (Å²) in [6.45, 7) is 7.64. The number of benzene rings is 1. The third-order valence-corrected chi connectivity index (χ3v) is 5.70. The molecule has 1 aromatic carbocycles. The van der Waals surface area contributed by atoms with Gasteiger partial charge in [-0.05, 0) is 31.0 Å². The van der Waals surface area contributed by atoms with Gasteiger partial charge in [-0.15, -0.1) is 0 Å². The van der Waals surface area contributed by atoms with Gasteiger partial charge < -0.3 is 5.73 Å². The van der Waals surface area contributed by atoms with Gasteiger partial charge in [-0.25, -0.2) is 4.39 Å². The van der Waals surface area contributed by atoms with E-state index in [-0.39, 0.29) is 17.9 Å². The molecule has 4 atom stereocenters. The summed E-state index contributed by atoms with van der Waals surface area (Å²) in [5.74, 6) is 0.941. The van der Waals surface area contributed by atoms with Gasteiger partial charge in [0.25, 0.3) is 0 Å². The molecule has 0 aromatic heterocycles. The van der Waals surface area contributed by atoms with Crippen LogP contribution in [0.4, 0.5) is 4.39 Å². The average Bonchev–Trinajstić information content (AvgIpc) is 2.43. The largest absolute Gasteiger partial charge is 0.326 e. The average molecular weight is 296 g/mol. The summed E-state index contributed by atoms with van der Waals surface area (Å²) in [5.41, 5.74) is 7.37. The van der Waals surface area contributed by atoms with Crippen LogP contribution in [-0.4, -0.2) is 34.5 Å². The molecule has 2 N–H and O–H groups in total. The number of halogens is 1. The van der Waals surface area contributed by atoms with E-state index >= 15 is 0 Å². The van der Waals surface area contributed by atoms with Crippen molar-refractivity contribution in [2.45, 2.75) is 50.6 Å². The molecule has 0 aliphatic carbocycles. The summed E-state index contributed by atoms with van der Waals surface area (Å²) in [5, 5.41) is 0.587. The van der Waals surface area contributed by atoms with Crippen LogP contribution in [-0.2, 0) is 0 Å². The fraction of sp³-hybridized carbons (Fsp3) is 0.625. The lowest BCUT2D eigenvalue weighted by atomic mass is 9.94. The molecule has 0 spiro atoms. The Balaban J connectivity index is 2.32. The third-order valence-electron chi connectivity index (χ3n) is 4.36. The second-order valence-electron chi connectivity index (χ2n) is 5.63. The van der Waals surface area contributed by atoms with Gasteiger partial charge in [-0.2, -0.15) is 11.8 Å². The lowest BCUT2D eigenvalue weighted by Crippen LogP contribution is -2.51. The van der Waals surface area contributed by atoms with Crippen LogP contribution in [0.1, 0.15) is 38.8 Å². The number of hydrogen-bond acceptors (Lipinski definition) is 3. The highest BCUT2D eigenvalue weighted by molar-refractivity contribution is 8.00. The van der Waals surface area contributed by atoms with Gasteiger partial charge in [-0.1, -0.05) is 26.0 Å². The molecule has 1 aliphatic heterocycles. The highest BCUT2D eigenvalue weighted by Crippen LogP contribution is 2.34. The first-order valence-electron chi connectivity index (χ1n) is 7.43. The van der Waals surface area contributed by atoms with Crippen molar-refractivity contribution in [3.8, 4) is 0 Å². The predicted octanol–water partition coefficient (Wildman–Crippen LogP) is 3.43. The second kappa shape index (κ2) is 6.92. The molecule has 2 rings (SSSR count). The van der Waals surface area contributed by atoms with E-state index < -0.39 is 0 Å². The topological polar surface area (TPSA) is 29.3 Å². The Hall–Kier alpha value is -0.580. The highest BCUT2D eigenvalue weighted by Gasteiger charge is 2.34. The zero-order chi connectivity index (χ0) is 14.7. The van der Waals surface area contributed by atoms with Gasteiger partial charge in [0.1, 0.15) is 5.82 Å².